The van der Waals surface area contributed by atoms with E-state index in [1.807, 2.05) is 0 Å². The van der Waals surface area contributed by atoms with Crippen LogP contribution in [0.5, 0.6) is 0 Å². The summed E-state index contributed by atoms with van der Waals surface area (Å²) in [4.78, 5) is 22.6. The van der Waals surface area contributed by atoms with Gasteiger partial charge in [-0.2, -0.15) is 0 Å². The molecule has 5 heteroatoms. The van der Waals surface area contributed by atoms with Gasteiger partial charge in [0, 0.05) is 12.5 Å². The lowest BCUT2D eigenvalue weighted by atomic mass is 9.99. The summed E-state index contributed by atoms with van der Waals surface area (Å²) in [6.07, 6.45) is 2.69. The Morgan fingerprint density at radius 1 is 1.20 bits per heavy atom. The van der Waals surface area contributed by atoms with E-state index < -0.39 is 0 Å². The van der Waals surface area contributed by atoms with Gasteiger partial charge in [0.1, 0.15) is 0 Å². The molecule has 2 amide bonds. The van der Waals surface area contributed by atoms with E-state index in [-0.39, 0.29) is 18.4 Å². The minimum atomic E-state index is -0.0717. The van der Waals surface area contributed by atoms with Crippen molar-refractivity contribution < 1.29 is 9.59 Å². The van der Waals surface area contributed by atoms with Crippen LogP contribution in [0.3, 0.4) is 0 Å². The molecule has 2 fully saturated rings. The fourth-order valence-corrected chi connectivity index (χ4v) is 1.51. The molecule has 0 aromatic rings. The maximum Gasteiger partial charge on any atom is 0.239 e. The standard InChI is InChI=1S/C10H17N3O2/c14-9(3-7-4-11-5-7)12-6-10(15)13-8-1-2-8/h7-8,11H,1-6H2,(H,12,14)(H,13,15). The molecule has 15 heavy (non-hydrogen) atoms. The molecule has 5 nitrogen and oxygen atoms in total. The van der Waals surface area contributed by atoms with E-state index >= 15 is 0 Å². The predicted octanol–water partition coefficient (Wildman–Crippen LogP) is -1.01. The summed E-state index contributed by atoms with van der Waals surface area (Å²) in [6, 6.07) is 0.366. The molecule has 84 valence electrons. The molecule has 0 radical (unpaired) electrons. The molecule has 0 atom stereocenters. The summed E-state index contributed by atoms with van der Waals surface area (Å²) in [5.41, 5.74) is 0. The highest BCUT2D eigenvalue weighted by Gasteiger charge is 2.24. The molecule has 2 aliphatic rings. The quantitative estimate of drug-likeness (QED) is 0.546. The predicted molar refractivity (Wildman–Crippen MR) is 55.2 cm³/mol. The van der Waals surface area contributed by atoms with Crippen molar-refractivity contribution in [2.45, 2.75) is 25.3 Å². The van der Waals surface area contributed by atoms with Crippen molar-refractivity contribution in [3.05, 3.63) is 0 Å². The third-order valence-corrected chi connectivity index (χ3v) is 2.73. The highest BCUT2D eigenvalue weighted by Crippen LogP contribution is 2.18. The largest absolute Gasteiger partial charge is 0.352 e. The summed E-state index contributed by atoms with van der Waals surface area (Å²) in [7, 11) is 0. The fraction of sp³-hybridized carbons (Fsp3) is 0.800. The Labute approximate surface area is 89.0 Å². The first kappa shape index (κ1) is 10.4. The Morgan fingerprint density at radius 3 is 2.47 bits per heavy atom. The maximum atomic E-state index is 11.3. The van der Waals surface area contributed by atoms with Crippen molar-refractivity contribution in [3.63, 3.8) is 0 Å². The molecule has 1 aliphatic carbocycles. The molecule has 3 N–H and O–H groups in total. The van der Waals surface area contributed by atoms with Gasteiger partial charge in [0.25, 0.3) is 0 Å². The zero-order valence-corrected chi connectivity index (χ0v) is 8.71. The zero-order chi connectivity index (χ0) is 10.7. The topological polar surface area (TPSA) is 70.2 Å². The number of hydrogen-bond donors (Lipinski definition) is 3. The van der Waals surface area contributed by atoms with Crippen molar-refractivity contribution in [2.24, 2.45) is 5.92 Å². The van der Waals surface area contributed by atoms with E-state index in [0.717, 1.165) is 25.9 Å². The fourth-order valence-electron chi connectivity index (χ4n) is 1.51. The van der Waals surface area contributed by atoms with Crippen LogP contribution < -0.4 is 16.0 Å². The Kier molecular flexibility index (Phi) is 3.20. The molecule has 0 unspecified atom stereocenters. The van der Waals surface area contributed by atoms with Crippen LogP contribution in [0, 0.1) is 5.92 Å². The molecule has 0 spiro atoms. The van der Waals surface area contributed by atoms with Crippen molar-refractivity contribution in [1.29, 1.82) is 0 Å². The summed E-state index contributed by atoms with van der Waals surface area (Å²) in [6.45, 7) is 1.96. The Bertz CT molecular complexity index is 259. The Morgan fingerprint density at radius 2 is 1.93 bits per heavy atom. The van der Waals surface area contributed by atoms with E-state index in [1.54, 1.807) is 0 Å². The molecule has 0 bridgehead atoms. The summed E-state index contributed by atoms with van der Waals surface area (Å²) in [5, 5.41) is 8.57. The van der Waals surface area contributed by atoms with Crippen LogP contribution >= 0.6 is 0 Å². The van der Waals surface area contributed by atoms with E-state index in [0.29, 0.717) is 18.4 Å². The smallest absolute Gasteiger partial charge is 0.239 e. The average Bonchev–Trinajstić information content (AvgIpc) is 2.92. The van der Waals surface area contributed by atoms with Gasteiger partial charge in [-0.25, -0.2) is 0 Å². The van der Waals surface area contributed by atoms with Crippen LogP contribution in [-0.2, 0) is 9.59 Å². The Balaban J connectivity index is 1.54. The van der Waals surface area contributed by atoms with Crippen molar-refractivity contribution in [1.82, 2.24) is 16.0 Å². The van der Waals surface area contributed by atoms with Crippen LogP contribution in [0.1, 0.15) is 19.3 Å². The first-order valence-electron chi connectivity index (χ1n) is 5.51. The number of rotatable bonds is 5. The van der Waals surface area contributed by atoms with E-state index in [9.17, 15) is 9.59 Å². The van der Waals surface area contributed by atoms with Crippen molar-refractivity contribution in [2.75, 3.05) is 19.6 Å². The lowest BCUT2D eigenvalue weighted by Gasteiger charge is -2.26. The molecule has 1 saturated carbocycles. The lowest BCUT2D eigenvalue weighted by Crippen LogP contribution is -2.45. The molecular weight excluding hydrogens is 194 g/mol. The van der Waals surface area contributed by atoms with Gasteiger partial charge in [-0.05, 0) is 31.8 Å². The van der Waals surface area contributed by atoms with E-state index in [2.05, 4.69) is 16.0 Å². The summed E-state index contributed by atoms with van der Waals surface area (Å²) >= 11 is 0. The number of carbonyl (C=O) groups is 2. The monoisotopic (exact) mass is 211 g/mol. The van der Waals surface area contributed by atoms with Crippen molar-refractivity contribution in [3.8, 4) is 0 Å². The van der Waals surface area contributed by atoms with Gasteiger partial charge < -0.3 is 16.0 Å². The number of carbonyl (C=O) groups excluding carboxylic acids is 2. The molecular formula is C10H17N3O2. The van der Waals surface area contributed by atoms with Crippen LogP contribution in [0.2, 0.25) is 0 Å². The zero-order valence-electron chi connectivity index (χ0n) is 8.71. The first-order chi connectivity index (χ1) is 7.24. The number of nitrogens with one attached hydrogen (secondary N) is 3. The van der Waals surface area contributed by atoms with Gasteiger partial charge in [0.2, 0.25) is 11.8 Å². The van der Waals surface area contributed by atoms with Crippen LogP contribution in [0.4, 0.5) is 0 Å². The van der Waals surface area contributed by atoms with Crippen molar-refractivity contribution >= 4 is 11.8 Å². The van der Waals surface area contributed by atoms with E-state index in [4.69, 9.17) is 0 Å². The molecule has 2 rings (SSSR count). The maximum absolute atomic E-state index is 11.3. The van der Waals surface area contributed by atoms with Gasteiger partial charge in [0.15, 0.2) is 0 Å². The minimum Gasteiger partial charge on any atom is -0.352 e. The lowest BCUT2D eigenvalue weighted by molar-refractivity contribution is -0.126. The second-order valence-electron chi connectivity index (χ2n) is 4.35. The van der Waals surface area contributed by atoms with Crippen LogP contribution in [-0.4, -0.2) is 37.5 Å². The van der Waals surface area contributed by atoms with Gasteiger partial charge >= 0.3 is 0 Å². The molecule has 0 aromatic carbocycles. The summed E-state index contributed by atoms with van der Waals surface area (Å²) in [5.74, 6) is 0.363. The summed E-state index contributed by atoms with van der Waals surface area (Å²) < 4.78 is 0. The average molecular weight is 211 g/mol. The Hall–Kier alpha value is -1.10. The van der Waals surface area contributed by atoms with Gasteiger partial charge in [-0.15, -0.1) is 0 Å². The van der Waals surface area contributed by atoms with Crippen LogP contribution in [0.25, 0.3) is 0 Å². The highest BCUT2D eigenvalue weighted by molar-refractivity contribution is 5.85. The van der Waals surface area contributed by atoms with Crippen LogP contribution in [0.15, 0.2) is 0 Å². The second-order valence-corrected chi connectivity index (χ2v) is 4.35. The molecule has 1 heterocycles. The third-order valence-electron chi connectivity index (χ3n) is 2.73. The SMILES string of the molecule is O=C(CC1CNC1)NCC(=O)NC1CC1. The highest BCUT2D eigenvalue weighted by atomic mass is 16.2. The van der Waals surface area contributed by atoms with Gasteiger partial charge in [-0.3, -0.25) is 9.59 Å². The number of hydrogen-bond acceptors (Lipinski definition) is 3. The van der Waals surface area contributed by atoms with E-state index in [1.165, 1.54) is 0 Å². The minimum absolute atomic E-state index is 0.0209. The molecule has 1 aliphatic heterocycles. The van der Waals surface area contributed by atoms with Gasteiger partial charge in [0.05, 0.1) is 6.54 Å². The third kappa shape index (κ3) is 3.51. The molecule has 0 aromatic heterocycles. The second kappa shape index (κ2) is 4.61. The molecule has 1 saturated heterocycles. The first-order valence-corrected chi connectivity index (χ1v) is 5.51. The normalized spacial score (nSPS) is 20.5. The van der Waals surface area contributed by atoms with Gasteiger partial charge in [-0.1, -0.05) is 0 Å². The number of amides is 2.